The van der Waals surface area contributed by atoms with Crippen LogP contribution in [0.3, 0.4) is 0 Å². The third-order valence-electron chi connectivity index (χ3n) is 7.75. The Balaban J connectivity index is 1.22. The first-order valence-corrected chi connectivity index (χ1v) is 14.4. The second-order valence-corrected chi connectivity index (χ2v) is 11.5. The molecule has 15 nitrogen and oxygen atoms in total. The number of hydrogen-bond acceptors (Lipinski definition) is 13. The highest BCUT2D eigenvalue weighted by Crippen LogP contribution is 2.30. The number of anilines is 5. The van der Waals surface area contributed by atoms with Crippen LogP contribution in [0.1, 0.15) is 23.2 Å². The Morgan fingerprint density at radius 1 is 0.841 bits per heavy atom. The van der Waals surface area contributed by atoms with Crippen molar-refractivity contribution in [1.29, 1.82) is 0 Å². The number of amides is 1. The lowest BCUT2D eigenvalue weighted by Crippen LogP contribution is -2.54. The van der Waals surface area contributed by atoms with Crippen molar-refractivity contribution in [1.82, 2.24) is 19.9 Å². The summed E-state index contributed by atoms with van der Waals surface area (Å²) in [4.78, 5) is 46.4. The van der Waals surface area contributed by atoms with Crippen molar-refractivity contribution in [3.05, 3.63) is 54.2 Å². The molecule has 0 aliphatic carbocycles. The average Bonchev–Trinajstić information content (AvgIpc) is 3.41. The Labute approximate surface area is 253 Å². The van der Waals surface area contributed by atoms with Gasteiger partial charge < -0.3 is 53.5 Å². The van der Waals surface area contributed by atoms with Crippen LogP contribution in [0.4, 0.5) is 29.2 Å². The van der Waals surface area contributed by atoms with Crippen molar-refractivity contribution >= 4 is 51.8 Å². The Morgan fingerprint density at radius 3 is 2.02 bits per heavy atom. The largest absolute Gasteiger partial charge is 0.506 e. The molecule has 44 heavy (non-hydrogen) atoms. The number of piperidine rings is 2. The molecular formula is C29H36N12O3. The summed E-state index contributed by atoms with van der Waals surface area (Å²) in [7, 11) is 0. The Hall–Kier alpha value is -4.83. The number of nitrogens with one attached hydrogen (secondary N) is 3. The van der Waals surface area contributed by atoms with E-state index in [9.17, 15) is 14.7 Å². The fourth-order valence-electron chi connectivity index (χ4n) is 5.78. The molecule has 2 aliphatic rings. The molecule has 2 fully saturated rings. The number of phenolic OH excluding ortho intramolecular Hbond substituents is 1. The molecule has 6 rings (SSSR count). The van der Waals surface area contributed by atoms with Crippen molar-refractivity contribution in [3.63, 3.8) is 0 Å². The fourth-order valence-corrected chi connectivity index (χ4v) is 5.78. The highest BCUT2D eigenvalue weighted by atomic mass is 16.3. The fraction of sp³-hybridized carbons (Fsp3) is 0.345. The summed E-state index contributed by atoms with van der Waals surface area (Å²) in [6.45, 7) is 2.12. The van der Waals surface area contributed by atoms with Crippen LogP contribution in [0.2, 0.25) is 0 Å². The number of aromatic amines is 1. The number of aromatic nitrogens is 4. The van der Waals surface area contributed by atoms with Crippen molar-refractivity contribution in [2.45, 2.75) is 37.0 Å². The van der Waals surface area contributed by atoms with Gasteiger partial charge >= 0.3 is 0 Å². The summed E-state index contributed by atoms with van der Waals surface area (Å²) in [5.41, 5.74) is 26.4. The predicted molar refractivity (Wildman–Crippen MR) is 168 cm³/mol. The highest BCUT2D eigenvalue weighted by molar-refractivity contribution is 6.48. The van der Waals surface area contributed by atoms with Gasteiger partial charge in [-0.1, -0.05) is 18.2 Å². The molecule has 0 saturated carbocycles. The van der Waals surface area contributed by atoms with Crippen LogP contribution in [0.15, 0.2) is 48.7 Å². The predicted octanol–water partition coefficient (Wildman–Crippen LogP) is 0.353. The first-order chi connectivity index (χ1) is 21.1. The molecule has 4 heterocycles. The minimum atomic E-state index is -0.881. The van der Waals surface area contributed by atoms with E-state index in [0.29, 0.717) is 62.0 Å². The van der Waals surface area contributed by atoms with Crippen LogP contribution in [-0.4, -0.2) is 87.1 Å². The number of phenols is 1. The van der Waals surface area contributed by atoms with Gasteiger partial charge in [0.1, 0.15) is 5.75 Å². The molecule has 12 N–H and O–H groups in total. The zero-order valence-electron chi connectivity index (χ0n) is 24.0. The molecule has 0 unspecified atom stereocenters. The first kappa shape index (κ1) is 29.3. The number of nitrogens with two attached hydrogens (primary N) is 4. The van der Waals surface area contributed by atoms with E-state index >= 15 is 0 Å². The van der Waals surface area contributed by atoms with Gasteiger partial charge in [0.15, 0.2) is 0 Å². The summed E-state index contributed by atoms with van der Waals surface area (Å²) < 4.78 is 0. The third-order valence-corrected chi connectivity index (χ3v) is 7.75. The average molecular weight is 601 g/mol. The van der Waals surface area contributed by atoms with Gasteiger partial charge in [-0.3, -0.25) is 9.59 Å². The number of carbonyl (C=O) groups is 2. The van der Waals surface area contributed by atoms with Crippen LogP contribution in [0.5, 0.6) is 5.75 Å². The summed E-state index contributed by atoms with van der Waals surface area (Å²) in [5, 5.41) is 17.0. The zero-order chi connectivity index (χ0) is 31.0. The van der Waals surface area contributed by atoms with Crippen LogP contribution in [-0.2, 0) is 4.79 Å². The van der Waals surface area contributed by atoms with Gasteiger partial charge in [0.25, 0.3) is 11.7 Å². The lowest BCUT2D eigenvalue weighted by molar-refractivity contribution is -0.112. The first-order valence-electron chi connectivity index (χ1n) is 14.4. The summed E-state index contributed by atoms with van der Waals surface area (Å²) in [6.07, 6.45) is 2.89. The molecule has 2 aromatic carbocycles. The summed E-state index contributed by atoms with van der Waals surface area (Å²) in [5.74, 6) is -0.849. The topological polar surface area (TPSA) is 243 Å². The van der Waals surface area contributed by atoms with Gasteiger partial charge in [-0.25, -0.2) is 0 Å². The third kappa shape index (κ3) is 6.26. The molecule has 0 spiro atoms. The van der Waals surface area contributed by atoms with E-state index in [1.807, 2.05) is 21.9 Å². The molecule has 4 atom stereocenters. The normalized spacial score (nSPS) is 22.2. The Kier molecular flexibility index (Phi) is 8.01. The maximum atomic E-state index is 12.9. The van der Waals surface area contributed by atoms with E-state index in [0.717, 1.165) is 5.52 Å². The second kappa shape index (κ2) is 12.0. The molecule has 1 amide bonds. The van der Waals surface area contributed by atoms with Gasteiger partial charge in [0.05, 0.1) is 11.3 Å². The lowest BCUT2D eigenvalue weighted by Gasteiger charge is -2.37. The molecular weight excluding hydrogens is 564 g/mol. The molecule has 230 valence electrons. The van der Waals surface area contributed by atoms with Gasteiger partial charge in [0.2, 0.25) is 17.8 Å². The monoisotopic (exact) mass is 600 g/mol. The summed E-state index contributed by atoms with van der Waals surface area (Å²) in [6, 6.07) is 11.2. The van der Waals surface area contributed by atoms with E-state index in [1.54, 1.807) is 18.2 Å². The standard InChI is InChI=1S/C29H36N12O3/c30-15-7-16(31)12-40(11-15)28-37-27(38-29(39-28)41-13-17(32)8-18(33)14-41)35-19-5-6-23(24(42)9-19)36-26(44)25(43)21-10-34-22-4-2-1-3-20(21)22/h1-6,9-10,15-18,34,42H,7-8,11-14,30-33H2,(H,36,44)(H,35,37,38,39)/t15-,16+,17-,18+. The van der Waals surface area contributed by atoms with E-state index in [4.69, 9.17) is 27.9 Å². The van der Waals surface area contributed by atoms with Crippen LogP contribution < -0.4 is 43.4 Å². The Bertz CT molecular complexity index is 1630. The van der Waals surface area contributed by atoms with Gasteiger partial charge in [0, 0.05) is 79.2 Å². The number of aromatic hydroxyl groups is 1. The number of para-hydroxylation sites is 1. The van der Waals surface area contributed by atoms with Gasteiger partial charge in [-0.05, 0) is 31.0 Å². The smallest absolute Gasteiger partial charge is 0.296 e. The number of hydrogen-bond donors (Lipinski definition) is 8. The summed E-state index contributed by atoms with van der Waals surface area (Å²) >= 11 is 0. The second-order valence-electron chi connectivity index (χ2n) is 11.5. The number of ketones is 1. The molecule has 2 aromatic heterocycles. The number of rotatable bonds is 7. The Morgan fingerprint density at radius 2 is 1.43 bits per heavy atom. The lowest BCUT2D eigenvalue weighted by atomic mass is 10.0. The molecule has 4 aromatic rings. The molecule has 0 radical (unpaired) electrons. The molecule has 0 bridgehead atoms. The van der Waals surface area contributed by atoms with Gasteiger partial charge in [-0.15, -0.1) is 0 Å². The van der Waals surface area contributed by atoms with Crippen molar-refractivity contribution < 1.29 is 14.7 Å². The minimum absolute atomic E-state index is 0.0679. The van der Waals surface area contributed by atoms with Crippen LogP contribution in [0, 0.1) is 0 Å². The molecule has 15 heteroatoms. The number of H-pyrrole nitrogens is 1. The minimum Gasteiger partial charge on any atom is -0.506 e. The van der Waals surface area contributed by atoms with Crippen LogP contribution in [0.25, 0.3) is 10.9 Å². The number of benzene rings is 2. The van der Waals surface area contributed by atoms with E-state index in [-0.39, 0.29) is 47.1 Å². The maximum absolute atomic E-state index is 12.9. The van der Waals surface area contributed by atoms with E-state index < -0.39 is 11.7 Å². The maximum Gasteiger partial charge on any atom is 0.296 e. The van der Waals surface area contributed by atoms with E-state index in [1.165, 1.54) is 18.3 Å². The number of nitrogens with zero attached hydrogens (tertiary/aromatic N) is 5. The SMILES string of the molecule is N[C@@H]1C[C@H](N)CN(c2nc(Nc3ccc(NC(=O)C(=O)c4c[nH]c5ccccc45)c(O)c3)nc(N3C[C@H](N)C[C@H](N)C3)n2)C1. The van der Waals surface area contributed by atoms with Crippen molar-refractivity contribution in [2.24, 2.45) is 22.9 Å². The highest BCUT2D eigenvalue weighted by Gasteiger charge is 2.29. The van der Waals surface area contributed by atoms with E-state index in [2.05, 4.69) is 25.6 Å². The number of fused-ring (bicyclic) bond motifs is 1. The van der Waals surface area contributed by atoms with Gasteiger partial charge in [-0.2, -0.15) is 15.0 Å². The quantitative estimate of drug-likeness (QED) is 0.0812. The van der Waals surface area contributed by atoms with Crippen LogP contribution >= 0.6 is 0 Å². The number of Topliss-reactive ketones (excluding diaryl/α,β-unsaturated/α-hetero) is 1. The molecule has 2 aliphatic heterocycles. The van der Waals surface area contributed by atoms with Crippen molar-refractivity contribution in [3.8, 4) is 5.75 Å². The zero-order valence-corrected chi connectivity index (χ0v) is 24.0. The molecule has 2 saturated heterocycles. The number of carbonyl (C=O) groups excluding carboxylic acids is 2. The van der Waals surface area contributed by atoms with Crippen molar-refractivity contribution in [2.75, 3.05) is 46.6 Å².